The lowest BCUT2D eigenvalue weighted by Gasteiger charge is -2.24. The van der Waals surface area contributed by atoms with Crippen molar-refractivity contribution in [1.82, 2.24) is 5.32 Å². The van der Waals surface area contributed by atoms with Crippen molar-refractivity contribution >= 4 is 0 Å². The molecule has 0 aliphatic heterocycles. The van der Waals surface area contributed by atoms with Crippen molar-refractivity contribution in [3.63, 3.8) is 0 Å². The number of benzene rings is 1. The minimum Gasteiger partial charge on any atom is -0.310 e. The first-order valence-electron chi connectivity index (χ1n) is 7.95. The zero-order chi connectivity index (χ0) is 13.7. The quantitative estimate of drug-likeness (QED) is 0.774. The molecule has 0 saturated heterocycles. The average Bonchev–Trinajstić information content (AvgIpc) is 2.81. The lowest BCUT2D eigenvalue weighted by atomic mass is 9.94. The Labute approximate surface area is 118 Å². The molecule has 0 bridgehead atoms. The largest absolute Gasteiger partial charge is 0.310 e. The van der Waals surface area contributed by atoms with Gasteiger partial charge in [-0.1, -0.05) is 63.9 Å². The topological polar surface area (TPSA) is 12.0 Å². The Bertz CT molecular complexity index is 357. The molecule has 3 atom stereocenters. The molecule has 1 aliphatic carbocycles. The summed E-state index contributed by atoms with van der Waals surface area (Å²) in [5, 5.41) is 3.84. The highest BCUT2D eigenvalue weighted by atomic mass is 14.9. The highest BCUT2D eigenvalue weighted by Crippen LogP contribution is 2.31. The first-order chi connectivity index (χ1) is 9.16. The fourth-order valence-corrected chi connectivity index (χ4v) is 3.31. The van der Waals surface area contributed by atoms with Gasteiger partial charge < -0.3 is 5.32 Å². The summed E-state index contributed by atoms with van der Waals surface area (Å²) in [6, 6.07) is 11.5. The van der Waals surface area contributed by atoms with Crippen LogP contribution in [0.2, 0.25) is 0 Å². The van der Waals surface area contributed by atoms with Gasteiger partial charge in [0.15, 0.2) is 0 Å². The molecule has 0 amide bonds. The Balaban J connectivity index is 1.94. The van der Waals surface area contributed by atoms with Gasteiger partial charge in [-0.05, 0) is 42.7 Å². The third kappa shape index (κ3) is 4.35. The van der Waals surface area contributed by atoms with Crippen LogP contribution in [0.15, 0.2) is 30.3 Å². The molecule has 106 valence electrons. The highest BCUT2D eigenvalue weighted by Gasteiger charge is 2.24. The molecule has 0 heterocycles. The van der Waals surface area contributed by atoms with E-state index < -0.39 is 0 Å². The minimum absolute atomic E-state index is 0.522. The first-order valence-corrected chi connectivity index (χ1v) is 7.95. The maximum atomic E-state index is 3.84. The molecule has 1 N–H and O–H groups in total. The van der Waals surface area contributed by atoms with Crippen molar-refractivity contribution in [2.75, 3.05) is 6.54 Å². The zero-order valence-electron chi connectivity index (χ0n) is 12.7. The fourth-order valence-electron chi connectivity index (χ4n) is 3.31. The van der Waals surface area contributed by atoms with Crippen LogP contribution in [0.25, 0.3) is 0 Å². The lowest BCUT2D eigenvalue weighted by molar-refractivity contribution is 0.346. The SMILES string of the molecule is CC(C)CC(NCC1CCCC1C)c1ccccc1. The summed E-state index contributed by atoms with van der Waals surface area (Å²) in [7, 11) is 0. The Hall–Kier alpha value is -0.820. The maximum absolute atomic E-state index is 3.84. The van der Waals surface area contributed by atoms with E-state index in [9.17, 15) is 0 Å². The second kappa shape index (κ2) is 7.09. The molecule has 3 unspecified atom stereocenters. The van der Waals surface area contributed by atoms with Crippen LogP contribution >= 0.6 is 0 Å². The summed E-state index contributed by atoms with van der Waals surface area (Å²) in [5.74, 6) is 2.53. The van der Waals surface area contributed by atoms with Gasteiger partial charge in [-0.25, -0.2) is 0 Å². The van der Waals surface area contributed by atoms with Crippen molar-refractivity contribution < 1.29 is 0 Å². The van der Waals surface area contributed by atoms with Crippen molar-refractivity contribution in [3.8, 4) is 0 Å². The average molecular weight is 259 g/mol. The summed E-state index contributed by atoms with van der Waals surface area (Å²) in [5.41, 5.74) is 1.45. The van der Waals surface area contributed by atoms with E-state index in [4.69, 9.17) is 0 Å². The van der Waals surface area contributed by atoms with E-state index in [0.717, 1.165) is 17.8 Å². The standard InChI is InChI=1S/C18H29N/c1-14(2)12-18(16-9-5-4-6-10-16)19-13-17-11-7-8-15(17)3/h4-6,9-10,14-15,17-19H,7-8,11-13H2,1-3H3. The van der Waals surface area contributed by atoms with Crippen molar-refractivity contribution in [2.45, 2.75) is 52.5 Å². The smallest absolute Gasteiger partial charge is 0.0322 e. The molecule has 19 heavy (non-hydrogen) atoms. The molecule has 1 aliphatic rings. The van der Waals surface area contributed by atoms with Crippen LogP contribution in [0.1, 0.15) is 58.1 Å². The Morgan fingerprint density at radius 1 is 1.16 bits per heavy atom. The van der Waals surface area contributed by atoms with E-state index >= 15 is 0 Å². The van der Waals surface area contributed by atoms with Gasteiger partial charge in [0.1, 0.15) is 0 Å². The third-order valence-electron chi connectivity index (χ3n) is 4.57. The van der Waals surface area contributed by atoms with Crippen LogP contribution in [-0.4, -0.2) is 6.54 Å². The lowest BCUT2D eigenvalue weighted by Crippen LogP contribution is -2.29. The second-order valence-corrected chi connectivity index (χ2v) is 6.67. The van der Waals surface area contributed by atoms with E-state index in [1.807, 2.05) is 0 Å². The summed E-state index contributed by atoms with van der Waals surface area (Å²) in [6.45, 7) is 8.23. The number of hydrogen-bond donors (Lipinski definition) is 1. The van der Waals surface area contributed by atoms with Gasteiger partial charge in [0.05, 0.1) is 0 Å². The fraction of sp³-hybridized carbons (Fsp3) is 0.667. The van der Waals surface area contributed by atoms with Crippen LogP contribution < -0.4 is 5.32 Å². The van der Waals surface area contributed by atoms with E-state index in [0.29, 0.717) is 6.04 Å². The molecule has 0 radical (unpaired) electrons. The predicted octanol–water partition coefficient (Wildman–Crippen LogP) is 4.80. The van der Waals surface area contributed by atoms with Crippen LogP contribution in [-0.2, 0) is 0 Å². The Morgan fingerprint density at radius 2 is 1.89 bits per heavy atom. The van der Waals surface area contributed by atoms with E-state index in [1.165, 1.54) is 37.8 Å². The molecular formula is C18H29N. The first kappa shape index (κ1) is 14.6. The summed E-state index contributed by atoms with van der Waals surface area (Å²) in [4.78, 5) is 0. The van der Waals surface area contributed by atoms with Gasteiger partial charge in [-0.3, -0.25) is 0 Å². The van der Waals surface area contributed by atoms with Crippen molar-refractivity contribution in [2.24, 2.45) is 17.8 Å². The van der Waals surface area contributed by atoms with Crippen LogP contribution in [0.3, 0.4) is 0 Å². The minimum atomic E-state index is 0.522. The highest BCUT2D eigenvalue weighted by molar-refractivity contribution is 5.18. The summed E-state index contributed by atoms with van der Waals surface area (Å²) < 4.78 is 0. The van der Waals surface area contributed by atoms with Gasteiger partial charge in [0, 0.05) is 6.04 Å². The molecular weight excluding hydrogens is 230 g/mol. The zero-order valence-corrected chi connectivity index (χ0v) is 12.7. The summed E-state index contributed by atoms with van der Waals surface area (Å²) >= 11 is 0. The molecule has 1 fully saturated rings. The normalized spacial score (nSPS) is 24.8. The van der Waals surface area contributed by atoms with Gasteiger partial charge in [-0.15, -0.1) is 0 Å². The maximum Gasteiger partial charge on any atom is 0.0322 e. The van der Waals surface area contributed by atoms with Gasteiger partial charge >= 0.3 is 0 Å². The van der Waals surface area contributed by atoms with E-state index in [2.05, 4.69) is 56.4 Å². The molecule has 1 heteroatoms. The molecule has 0 aromatic heterocycles. The van der Waals surface area contributed by atoms with Gasteiger partial charge in [0.2, 0.25) is 0 Å². The Kier molecular flexibility index (Phi) is 5.45. The van der Waals surface area contributed by atoms with E-state index in [-0.39, 0.29) is 0 Å². The second-order valence-electron chi connectivity index (χ2n) is 6.67. The molecule has 1 aromatic carbocycles. The number of hydrogen-bond acceptors (Lipinski definition) is 1. The third-order valence-corrected chi connectivity index (χ3v) is 4.57. The van der Waals surface area contributed by atoms with E-state index in [1.54, 1.807) is 0 Å². The van der Waals surface area contributed by atoms with Crippen LogP contribution in [0, 0.1) is 17.8 Å². The molecule has 1 aromatic rings. The summed E-state index contributed by atoms with van der Waals surface area (Å²) in [6.07, 6.45) is 5.49. The van der Waals surface area contributed by atoms with Crippen molar-refractivity contribution in [3.05, 3.63) is 35.9 Å². The van der Waals surface area contributed by atoms with Gasteiger partial charge in [0.25, 0.3) is 0 Å². The predicted molar refractivity (Wildman–Crippen MR) is 83.1 cm³/mol. The molecule has 1 nitrogen and oxygen atoms in total. The van der Waals surface area contributed by atoms with Crippen molar-refractivity contribution in [1.29, 1.82) is 0 Å². The van der Waals surface area contributed by atoms with Crippen LogP contribution in [0.4, 0.5) is 0 Å². The Morgan fingerprint density at radius 3 is 2.47 bits per heavy atom. The number of rotatable bonds is 6. The molecule has 2 rings (SSSR count). The number of nitrogens with one attached hydrogen (secondary N) is 1. The van der Waals surface area contributed by atoms with Gasteiger partial charge in [-0.2, -0.15) is 0 Å². The molecule has 1 saturated carbocycles. The monoisotopic (exact) mass is 259 g/mol. The molecule has 0 spiro atoms. The van der Waals surface area contributed by atoms with Crippen LogP contribution in [0.5, 0.6) is 0 Å².